The predicted octanol–water partition coefficient (Wildman–Crippen LogP) is 2.43. The molecule has 1 fully saturated rings. The lowest BCUT2D eigenvalue weighted by Crippen LogP contribution is -2.46. The van der Waals surface area contributed by atoms with Gasteiger partial charge in [0.1, 0.15) is 35.6 Å². The first-order valence-corrected chi connectivity index (χ1v) is 9.51. The second-order valence-electron chi connectivity index (χ2n) is 6.53. The molecule has 2 heterocycles. The van der Waals surface area contributed by atoms with Crippen LogP contribution in [0.3, 0.4) is 0 Å². The molecule has 1 saturated heterocycles. The third-order valence-corrected chi connectivity index (χ3v) is 4.70. The number of anilines is 2. The molecule has 1 aliphatic rings. The Balaban J connectivity index is 1.50. The van der Waals surface area contributed by atoms with E-state index in [0.717, 1.165) is 61.7 Å². The monoisotopic (exact) mass is 371 g/mol. The summed E-state index contributed by atoms with van der Waals surface area (Å²) in [5.74, 6) is 4.27. The topological polar surface area (TPSA) is 62.8 Å². The Labute approximate surface area is 161 Å². The van der Waals surface area contributed by atoms with Crippen LogP contribution >= 0.6 is 0 Å². The molecule has 0 spiro atoms. The summed E-state index contributed by atoms with van der Waals surface area (Å²) in [5.41, 5.74) is 0. The lowest BCUT2D eigenvalue weighted by Gasteiger charge is -2.34. The molecular formula is C20H29N5O2. The van der Waals surface area contributed by atoms with Crippen LogP contribution in [0.25, 0.3) is 0 Å². The molecule has 0 saturated carbocycles. The Morgan fingerprint density at radius 2 is 1.74 bits per heavy atom. The van der Waals surface area contributed by atoms with Crippen molar-refractivity contribution in [2.45, 2.75) is 13.8 Å². The lowest BCUT2D eigenvalue weighted by molar-refractivity contribution is 0.270. The number of rotatable bonds is 8. The third-order valence-electron chi connectivity index (χ3n) is 4.70. The molecule has 3 rings (SSSR count). The lowest BCUT2D eigenvalue weighted by atomic mass is 10.3. The summed E-state index contributed by atoms with van der Waals surface area (Å²) in [4.78, 5) is 13.9. The van der Waals surface area contributed by atoms with Crippen molar-refractivity contribution < 1.29 is 9.47 Å². The van der Waals surface area contributed by atoms with Gasteiger partial charge < -0.3 is 24.6 Å². The number of methoxy groups -OCH3 is 1. The number of hydrogen-bond donors (Lipinski definition) is 1. The summed E-state index contributed by atoms with van der Waals surface area (Å²) in [7, 11) is 1.65. The normalized spacial score (nSPS) is 14.9. The Hall–Kier alpha value is -2.54. The van der Waals surface area contributed by atoms with Gasteiger partial charge in [0, 0.05) is 32.2 Å². The van der Waals surface area contributed by atoms with Crippen LogP contribution in [0.2, 0.25) is 0 Å². The van der Waals surface area contributed by atoms with Gasteiger partial charge in [-0.1, -0.05) is 6.92 Å². The minimum Gasteiger partial charge on any atom is -0.497 e. The van der Waals surface area contributed by atoms with E-state index < -0.39 is 0 Å². The first kappa shape index (κ1) is 19.2. The SMILES string of the molecule is CCN1CCN(c2cc(NCCOc3ccc(OC)cc3)nc(C)n2)CC1. The van der Waals surface area contributed by atoms with Gasteiger partial charge in [-0.3, -0.25) is 0 Å². The fraction of sp³-hybridized carbons (Fsp3) is 0.500. The van der Waals surface area contributed by atoms with Crippen LogP contribution in [-0.2, 0) is 0 Å². The first-order chi connectivity index (χ1) is 13.2. The third kappa shape index (κ3) is 5.47. The van der Waals surface area contributed by atoms with Crippen LogP contribution in [0, 0.1) is 6.92 Å². The predicted molar refractivity (Wildman–Crippen MR) is 108 cm³/mol. The minimum absolute atomic E-state index is 0.555. The van der Waals surface area contributed by atoms with Gasteiger partial charge >= 0.3 is 0 Å². The van der Waals surface area contributed by atoms with E-state index in [0.29, 0.717) is 13.2 Å². The zero-order chi connectivity index (χ0) is 19.1. The summed E-state index contributed by atoms with van der Waals surface area (Å²) >= 11 is 0. The van der Waals surface area contributed by atoms with E-state index >= 15 is 0 Å². The summed E-state index contributed by atoms with van der Waals surface area (Å²) in [6, 6.07) is 9.62. The average molecular weight is 371 g/mol. The summed E-state index contributed by atoms with van der Waals surface area (Å²) in [6.45, 7) is 10.7. The van der Waals surface area contributed by atoms with Crippen molar-refractivity contribution in [2.75, 3.05) is 63.2 Å². The Morgan fingerprint density at radius 1 is 1.04 bits per heavy atom. The Kier molecular flexibility index (Phi) is 6.70. The number of benzene rings is 1. The summed E-state index contributed by atoms with van der Waals surface area (Å²) < 4.78 is 10.9. The highest BCUT2D eigenvalue weighted by molar-refractivity contribution is 5.49. The zero-order valence-corrected chi connectivity index (χ0v) is 16.4. The fourth-order valence-corrected chi connectivity index (χ4v) is 3.12. The van der Waals surface area contributed by atoms with E-state index in [1.54, 1.807) is 7.11 Å². The molecule has 7 heteroatoms. The van der Waals surface area contributed by atoms with E-state index in [4.69, 9.17) is 9.47 Å². The van der Waals surface area contributed by atoms with E-state index in [1.165, 1.54) is 0 Å². The smallest absolute Gasteiger partial charge is 0.134 e. The molecule has 2 aromatic rings. The molecule has 1 N–H and O–H groups in total. The van der Waals surface area contributed by atoms with E-state index in [9.17, 15) is 0 Å². The van der Waals surface area contributed by atoms with Crippen molar-refractivity contribution in [3.63, 3.8) is 0 Å². The van der Waals surface area contributed by atoms with Gasteiger partial charge in [-0.25, -0.2) is 9.97 Å². The van der Waals surface area contributed by atoms with Crippen LogP contribution in [0.4, 0.5) is 11.6 Å². The molecule has 0 aliphatic carbocycles. The highest BCUT2D eigenvalue weighted by Crippen LogP contribution is 2.19. The minimum atomic E-state index is 0.555. The fourth-order valence-electron chi connectivity index (χ4n) is 3.12. The highest BCUT2D eigenvalue weighted by atomic mass is 16.5. The molecule has 0 radical (unpaired) electrons. The maximum absolute atomic E-state index is 5.75. The van der Waals surface area contributed by atoms with Crippen LogP contribution in [0.5, 0.6) is 11.5 Å². The Bertz CT molecular complexity index is 715. The van der Waals surface area contributed by atoms with Gasteiger partial charge in [0.2, 0.25) is 0 Å². The molecule has 0 unspecified atom stereocenters. The quantitative estimate of drug-likeness (QED) is 0.715. The summed E-state index contributed by atoms with van der Waals surface area (Å²) in [6.07, 6.45) is 0. The van der Waals surface area contributed by atoms with E-state index in [2.05, 4.69) is 32.0 Å². The van der Waals surface area contributed by atoms with Crippen molar-refractivity contribution in [3.05, 3.63) is 36.2 Å². The molecule has 1 aromatic heterocycles. The van der Waals surface area contributed by atoms with E-state index in [1.807, 2.05) is 37.3 Å². The molecule has 0 bridgehead atoms. The van der Waals surface area contributed by atoms with Crippen LogP contribution in [0.15, 0.2) is 30.3 Å². The number of aryl methyl sites for hydroxylation is 1. The van der Waals surface area contributed by atoms with Crippen molar-refractivity contribution in [2.24, 2.45) is 0 Å². The van der Waals surface area contributed by atoms with Gasteiger partial charge in [0.15, 0.2) is 0 Å². The molecular weight excluding hydrogens is 342 g/mol. The number of nitrogens with zero attached hydrogens (tertiary/aromatic N) is 4. The van der Waals surface area contributed by atoms with Gasteiger partial charge in [-0.2, -0.15) is 0 Å². The second kappa shape index (κ2) is 9.41. The van der Waals surface area contributed by atoms with Gasteiger partial charge in [-0.15, -0.1) is 0 Å². The largest absolute Gasteiger partial charge is 0.497 e. The van der Waals surface area contributed by atoms with Crippen LogP contribution in [-0.4, -0.2) is 67.9 Å². The summed E-state index contributed by atoms with van der Waals surface area (Å²) in [5, 5.41) is 3.34. The van der Waals surface area contributed by atoms with Crippen molar-refractivity contribution in [1.29, 1.82) is 0 Å². The van der Waals surface area contributed by atoms with Crippen molar-refractivity contribution in [1.82, 2.24) is 14.9 Å². The first-order valence-electron chi connectivity index (χ1n) is 9.51. The van der Waals surface area contributed by atoms with Crippen molar-refractivity contribution >= 4 is 11.6 Å². The number of aromatic nitrogens is 2. The highest BCUT2D eigenvalue weighted by Gasteiger charge is 2.17. The standard InChI is InChI=1S/C20H29N5O2/c1-4-24-10-12-25(13-11-24)20-15-19(22-16(2)23-20)21-9-14-27-18-7-5-17(26-3)6-8-18/h5-8,15H,4,9-14H2,1-3H3,(H,21,22,23). The maximum Gasteiger partial charge on any atom is 0.134 e. The number of piperazine rings is 1. The van der Waals surface area contributed by atoms with Gasteiger partial charge in [0.05, 0.1) is 13.7 Å². The molecule has 146 valence electrons. The van der Waals surface area contributed by atoms with Crippen LogP contribution in [0.1, 0.15) is 12.7 Å². The molecule has 1 aliphatic heterocycles. The second-order valence-corrected chi connectivity index (χ2v) is 6.53. The number of hydrogen-bond acceptors (Lipinski definition) is 7. The van der Waals surface area contributed by atoms with Crippen molar-refractivity contribution in [3.8, 4) is 11.5 Å². The zero-order valence-electron chi connectivity index (χ0n) is 16.4. The molecule has 7 nitrogen and oxygen atoms in total. The average Bonchev–Trinajstić information content (AvgIpc) is 2.71. The van der Waals surface area contributed by atoms with E-state index in [-0.39, 0.29) is 0 Å². The van der Waals surface area contributed by atoms with Gasteiger partial charge in [-0.05, 0) is 37.7 Å². The van der Waals surface area contributed by atoms with Gasteiger partial charge in [0.25, 0.3) is 0 Å². The number of likely N-dealkylation sites (N-methyl/N-ethyl adjacent to an activating group) is 1. The number of nitrogens with one attached hydrogen (secondary N) is 1. The van der Waals surface area contributed by atoms with Crippen LogP contribution < -0.4 is 19.7 Å². The number of ether oxygens (including phenoxy) is 2. The molecule has 1 aromatic carbocycles. The molecule has 0 amide bonds. The Morgan fingerprint density at radius 3 is 2.41 bits per heavy atom. The molecule has 0 atom stereocenters. The molecule has 27 heavy (non-hydrogen) atoms. The maximum atomic E-state index is 5.75.